The fourth-order valence-electron chi connectivity index (χ4n) is 1.11. The van der Waals surface area contributed by atoms with Crippen LogP contribution in [0, 0.1) is 0 Å². The molecule has 0 saturated carbocycles. The number of aromatic nitrogens is 3. The van der Waals surface area contributed by atoms with Gasteiger partial charge >= 0.3 is 0 Å². The largest absolute Gasteiger partial charge is 0.129 e. The Morgan fingerprint density at radius 2 is 2.33 bits per heavy atom. The normalized spacial score (nSPS) is 10.8. The van der Waals surface area contributed by atoms with Crippen molar-refractivity contribution in [2.24, 2.45) is 0 Å². The minimum atomic E-state index is 0.298. The van der Waals surface area contributed by atoms with Gasteiger partial charge in [-0.25, -0.2) is 0 Å². The van der Waals surface area contributed by atoms with Crippen molar-refractivity contribution in [1.82, 2.24) is 15.2 Å². The Morgan fingerprint density at radius 1 is 1.50 bits per heavy atom. The zero-order valence-electron chi connectivity index (χ0n) is 6.04. The Hall–Kier alpha value is -0.970. The second-order valence-corrected chi connectivity index (χ2v) is 2.93. The van der Waals surface area contributed by atoms with Crippen LogP contribution in [0.2, 0.25) is 0 Å². The van der Waals surface area contributed by atoms with Gasteiger partial charge in [0.1, 0.15) is 11.0 Å². The molecule has 3 nitrogen and oxygen atoms in total. The summed E-state index contributed by atoms with van der Waals surface area (Å²) < 4.78 is 12.9. The molecule has 12 heavy (non-hydrogen) atoms. The lowest BCUT2D eigenvalue weighted by Gasteiger charge is -1.95. The average Bonchev–Trinajstić information content (AvgIpc) is 2.48. The van der Waals surface area contributed by atoms with Crippen molar-refractivity contribution in [3.63, 3.8) is 0 Å². The van der Waals surface area contributed by atoms with Crippen molar-refractivity contribution < 1.29 is 4.48 Å². The molecule has 0 fully saturated rings. The molecule has 0 N–H and O–H groups in total. The summed E-state index contributed by atoms with van der Waals surface area (Å²) in [6.07, 6.45) is 0. The lowest BCUT2D eigenvalue weighted by Crippen LogP contribution is -1.87. The summed E-state index contributed by atoms with van der Waals surface area (Å²) in [5.41, 5.74) is 1.86. The van der Waals surface area contributed by atoms with E-state index in [1.807, 2.05) is 12.1 Å². The van der Waals surface area contributed by atoms with E-state index in [0.29, 0.717) is 21.3 Å². The van der Waals surface area contributed by atoms with Crippen LogP contribution in [0.4, 0.5) is 4.48 Å². The van der Waals surface area contributed by atoms with Gasteiger partial charge in [-0.05, 0) is 16.8 Å². The standard InChI is InChI=1S/C7H5BrFN3/c8-4-5-2-1-3-6-7(5)12(9)11-10-6/h1-3H,4H2. The van der Waals surface area contributed by atoms with Crippen molar-refractivity contribution in [2.45, 2.75) is 5.33 Å². The van der Waals surface area contributed by atoms with Crippen LogP contribution >= 0.6 is 15.9 Å². The summed E-state index contributed by atoms with van der Waals surface area (Å²) in [4.78, 5) is 0.298. The molecule has 1 aromatic carbocycles. The SMILES string of the molecule is Fn1nnc2cccc(CBr)c21. The average molecular weight is 230 g/mol. The van der Waals surface area contributed by atoms with Crippen molar-refractivity contribution >= 4 is 27.0 Å². The molecule has 62 valence electrons. The molecular formula is C7H5BrFN3. The smallest absolute Gasteiger partial charge is 0.128 e. The molecule has 1 heterocycles. The van der Waals surface area contributed by atoms with Gasteiger partial charge in [0.2, 0.25) is 0 Å². The van der Waals surface area contributed by atoms with Crippen molar-refractivity contribution in [3.05, 3.63) is 23.8 Å². The highest BCUT2D eigenvalue weighted by molar-refractivity contribution is 9.08. The topological polar surface area (TPSA) is 30.7 Å². The van der Waals surface area contributed by atoms with Gasteiger partial charge in [0.05, 0.1) is 0 Å². The molecular weight excluding hydrogens is 225 g/mol. The van der Waals surface area contributed by atoms with Gasteiger partial charge in [0, 0.05) is 5.33 Å². The molecule has 1 aromatic heterocycles. The molecule has 0 aliphatic carbocycles. The van der Waals surface area contributed by atoms with Gasteiger partial charge in [-0.2, -0.15) is 0 Å². The van der Waals surface area contributed by atoms with E-state index in [0.717, 1.165) is 5.56 Å². The lowest BCUT2D eigenvalue weighted by atomic mass is 10.2. The van der Waals surface area contributed by atoms with E-state index in [9.17, 15) is 4.48 Å². The number of para-hydroxylation sites is 1. The van der Waals surface area contributed by atoms with Crippen molar-refractivity contribution in [1.29, 1.82) is 0 Å². The molecule has 0 saturated heterocycles. The van der Waals surface area contributed by atoms with Gasteiger partial charge in [0.15, 0.2) is 0 Å². The van der Waals surface area contributed by atoms with E-state index >= 15 is 0 Å². The monoisotopic (exact) mass is 229 g/mol. The van der Waals surface area contributed by atoms with Crippen molar-refractivity contribution in [2.75, 3.05) is 0 Å². The number of hydrogen-bond acceptors (Lipinski definition) is 2. The van der Waals surface area contributed by atoms with Crippen LogP contribution in [-0.2, 0) is 5.33 Å². The Kier molecular flexibility index (Phi) is 1.80. The molecule has 0 amide bonds. The minimum absolute atomic E-state index is 0.298. The minimum Gasteiger partial charge on any atom is -0.128 e. The highest BCUT2D eigenvalue weighted by Crippen LogP contribution is 2.18. The number of rotatable bonds is 1. The fourth-order valence-corrected chi connectivity index (χ4v) is 1.56. The van der Waals surface area contributed by atoms with E-state index in [2.05, 4.69) is 26.2 Å². The first-order chi connectivity index (χ1) is 5.83. The number of benzene rings is 1. The first-order valence-electron chi connectivity index (χ1n) is 3.38. The molecule has 5 heteroatoms. The Balaban J connectivity index is 2.84. The van der Waals surface area contributed by atoms with Crippen LogP contribution in [0.3, 0.4) is 0 Å². The molecule has 0 spiro atoms. The van der Waals surface area contributed by atoms with Gasteiger partial charge in [0.25, 0.3) is 0 Å². The third kappa shape index (κ3) is 1.01. The van der Waals surface area contributed by atoms with Crippen LogP contribution in [0.25, 0.3) is 11.0 Å². The van der Waals surface area contributed by atoms with E-state index < -0.39 is 0 Å². The second-order valence-electron chi connectivity index (χ2n) is 2.37. The van der Waals surface area contributed by atoms with Gasteiger partial charge < -0.3 is 0 Å². The van der Waals surface area contributed by atoms with Crippen LogP contribution in [0.15, 0.2) is 18.2 Å². The maximum atomic E-state index is 12.9. The summed E-state index contributed by atoms with van der Waals surface area (Å²) >= 11 is 3.26. The van der Waals surface area contributed by atoms with Crippen LogP contribution in [0.5, 0.6) is 0 Å². The third-order valence-corrected chi connectivity index (χ3v) is 2.26. The van der Waals surface area contributed by atoms with Gasteiger partial charge in [-0.15, -0.1) is 5.10 Å². The van der Waals surface area contributed by atoms with E-state index in [4.69, 9.17) is 0 Å². The van der Waals surface area contributed by atoms with Crippen LogP contribution in [0.1, 0.15) is 5.56 Å². The first-order valence-corrected chi connectivity index (χ1v) is 4.50. The molecule has 0 atom stereocenters. The maximum absolute atomic E-state index is 12.9. The summed E-state index contributed by atoms with van der Waals surface area (Å²) in [6, 6.07) is 5.38. The summed E-state index contributed by atoms with van der Waals surface area (Å²) in [7, 11) is 0. The molecule has 0 unspecified atom stereocenters. The zero-order chi connectivity index (χ0) is 8.55. The predicted octanol–water partition coefficient (Wildman–Crippen LogP) is 2.06. The number of hydrogen-bond donors (Lipinski definition) is 0. The maximum Gasteiger partial charge on any atom is 0.129 e. The summed E-state index contributed by atoms with van der Waals surface area (Å²) in [6.45, 7) is 0. The molecule has 0 aliphatic rings. The molecule has 0 aliphatic heterocycles. The predicted molar refractivity (Wildman–Crippen MR) is 46.7 cm³/mol. The molecule has 0 bridgehead atoms. The Morgan fingerprint density at radius 3 is 3.08 bits per heavy atom. The number of nitrogens with zero attached hydrogens (tertiary/aromatic N) is 3. The first kappa shape index (κ1) is 7.67. The Labute approximate surface area is 76.2 Å². The highest BCUT2D eigenvalue weighted by Gasteiger charge is 2.07. The van der Waals surface area contributed by atoms with E-state index in [1.54, 1.807) is 6.07 Å². The Bertz CT molecular complexity index is 412. The molecule has 2 rings (SSSR count). The highest BCUT2D eigenvalue weighted by atomic mass is 79.9. The van der Waals surface area contributed by atoms with Gasteiger partial charge in [-0.1, -0.05) is 37.4 Å². The van der Waals surface area contributed by atoms with Crippen LogP contribution < -0.4 is 0 Å². The summed E-state index contributed by atoms with van der Waals surface area (Å²) in [5, 5.41) is 7.53. The number of halogens is 2. The fraction of sp³-hybridized carbons (Fsp3) is 0.143. The quantitative estimate of drug-likeness (QED) is 0.702. The molecule has 2 aromatic rings. The van der Waals surface area contributed by atoms with Crippen LogP contribution in [-0.4, -0.2) is 15.2 Å². The molecule has 0 radical (unpaired) electrons. The van der Waals surface area contributed by atoms with Gasteiger partial charge in [-0.3, -0.25) is 0 Å². The van der Waals surface area contributed by atoms with E-state index in [1.165, 1.54) is 0 Å². The second kappa shape index (κ2) is 2.82. The number of alkyl halides is 1. The van der Waals surface area contributed by atoms with E-state index in [-0.39, 0.29) is 0 Å². The lowest BCUT2D eigenvalue weighted by molar-refractivity contribution is 0.320. The van der Waals surface area contributed by atoms with Crippen molar-refractivity contribution in [3.8, 4) is 0 Å². The third-order valence-electron chi connectivity index (χ3n) is 1.66. The summed E-state index contributed by atoms with van der Waals surface area (Å²) in [5.74, 6) is 0. The number of fused-ring (bicyclic) bond motifs is 1. The zero-order valence-corrected chi connectivity index (χ0v) is 7.62.